The average Bonchev–Trinajstić information content (AvgIpc) is 2.49. The zero-order valence-corrected chi connectivity index (χ0v) is 12.6. The smallest absolute Gasteiger partial charge is 0.244 e. The van der Waals surface area contributed by atoms with Gasteiger partial charge in [-0.05, 0) is 30.2 Å². The van der Waals surface area contributed by atoms with Gasteiger partial charge in [-0.25, -0.2) is 13.4 Å². The zero-order chi connectivity index (χ0) is 15.5. The number of benzene rings is 1. The monoisotopic (exact) mass is 301 g/mol. The molecule has 0 aliphatic rings. The summed E-state index contributed by atoms with van der Waals surface area (Å²) in [6, 6.07) is 12.3. The molecule has 0 N–H and O–H groups in total. The molecule has 0 bridgehead atoms. The number of hydrogen-bond donors (Lipinski definition) is 0. The van der Waals surface area contributed by atoms with Crippen LogP contribution in [0.4, 0.5) is 0 Å². The topological polar surface area (TPSA) is 74.1 Å². The molecule has 0 saturated carbocycles. The molecule has 1 aromatic heterocycles. The number of nitrogens with zero attached hydrogens (tertiary/aromatic N) is 3. The van der Waals surface area contributed by atoms with Crippen LogP contribution >= 0.6 is 0 Å². The maximum absolute atomic E-state index is 12.6. The molecule has 1 heterocycles. The van der Waals surface area contributed by atoms with Gasteiger partial charge in [0.25, 0.3) is 0 Å². The van der Waals surface area contributed by atoms with Gasteiger partial charge in [0.2, 0.25) is 10.0 Å². The maximum atomic E-state index is 12.6. The van der Waals surface area contributed by atoms with Gasteiger partial charge in [0.1, 0.15) is 11.0 Å². The molecule has 1 aromatic carbocycles. The van der Waals surface area contributed by atoms with E-state index in [2.05, 4.69) is 4.98 Å². The van der Waals surface area contributed by atoms with E-state index in [0.29, 0.717) is 0 Å². The molecular formula is C15H15N3O2S. The highest BCUT2D eigenvalue weighted by atomic mass is 32.2. The van der Waals surface area contributed by atoms with Crippen LogP contribution in [0.5, 0.6) is 0 Å². The highest BCUT2D eigenvalue weighted by molar-refractivity contribution is 7.89. The fraction of sp³-hybridized carbons (Fsp3) is 0.200. The third kappa shape index (κ3) is 3.10. The number of nitriles is 1. The van der Waals surface area contributed by atoms with E-state index >= 15 is 0 Å². The van der Waals surface area contributed by atoms with Crippen molar-refractivity contribution in [3.05, 3.63) is 59.4 Å². The fourth-order valence-electron chi connectivity index (χ4n) is 1.96. The van der Waals surface area contributed by atoms with E-state index in [9.17, 15) is 8.42 Å². The van der Waals surface area contributed by atoms with Gasteiger partial charge in [0.05, 0.1) is 0 Å². The van der Waals surface area contributed by atoms with Crippen LogP contribution in [0, 0.1) is 18.3 Å². The van der Waals surface area contributed by atoms with E-state index in [1.807, 2.05) is 37.3 Å². The van der Waals surface area contributed by atoms with Crippen LogP contribution in [0.2, 0.25) is 0 Å². The first kappa shape index (κ1) is 15.2. The van der Waals surface area contributed by atoms with Gasteiger partial charge in [-0.1, -0.05) is 24.3 Å². The minimum Gasteiger partial charge on any atom is -0.244 e. The van der Waals surface area contributed by atoms with E-state index in [-0.39, 0.29) is 17.1 Å². The highest BCUT2D eigenvalue weighted by Gasteiger charge is 2.25. The average molecular weight is 301 g/mol. The second-order valence-electron chi connectivity index (χ2n) is 4.65. The number of pyridine rings is 1. The molecule has 0 unspecified atom stereocenters. The summed E-state index contributed by atoms with van der Waals surface area (Å²) >= 11 is 0. The molecule has 0 atom stereocenters. The van der Waals surface area contributed by atoms with Crippen molar-refractivity contribution >= 4 is 10.0 Å². The quantitative estimate of drug-likeness (QED) is 0.866. The predicted octanol–water partition coefficient (Wildman–Crippen LogP) is 2.08. The lowest BCUT2D eigenvalue weighted by molar-refractivity contribution is 0.465. The van der Waals surface area contributed by atoms with Crippen LogP contribution in [-0.2, 0) is 16.6 Å². The van der Waals surface area contributed by atoms with E-state index in [1.165, 1.54) is 29.7 Å². The number of aromatic nitrogens is 1. The van der Waals surface area contributed by atoms with E-state index in [4.69, 9.17) is 5.26 Å². The van der Waals surface area contributed by atoms with Crippen molar-refractivity contribution in [3.8, 4) is 6.07 Å². The van der Waals surface area contributed by atoms with Gasteiger partial charge in [-0.2, -0.15) is 9.57 Å². The Kier molecular flexibility index (Phi) is 4.36. The summed E-state index contributed by atoms with van der Waals surface area (Å²) in [6.45, 7) is 2.18. The third-order valence-corrected chi connectivity index (χ3v) is 5.05. The molecule has 0 spiro atoms. The molecular weight excluding hydrogens is 286 g/mol. The Balaban J connectivity index is 2.36. The lowest BCUT2D eigenvalue weighted by atomic mass is 10.1. The molecule has 2 rings (SSSR count). The van der Waals surface area contributed by atoms with Crippen molar-refractivity contribution in [2.24, 2.45) is 0 Å². The minimum absolute atomic E-state index is 0.0661. The minimum atomic E-state index is -3.75. The molecule has 0 amide bonds. The Morgan fingerprint density at radius 2 is 1.95 bits per heavy atom. The number of aryl methyl sites for hydroxylation is 1. The molecule has 0 radical (unpaired) electrons. The predicted molar refractivity (Wildman–Crippen MR) is 78.8 cm³/mol. The fourth-order valence-corrected chi connectivity index (χ4v) is 3.20. The summed E-state index contributed by atoms with van der Waals surface area (Å²) in [5.41, 5.74) is 1.85. The molecule has 2 aromatic rings. The number of hydrogen-bond acceptors (Lipinski definition) is 4. The molecule has 0 aliphatic carbocycles. The zero-order valence-electron chi connectivity index (χ0n) is 11.8. The summed E-state index contributed by atoms with van der Waals surface area (Å²) in [7, 11) is -2.25. The standard InChI is InChI=1S/C15H15N3O2S/c1-12-6-3-4-7-13(12)11-18(2)21(19,20)15-8-5-9-17-14(15)10-16/h3-9H,11H2,1-2H3. The first-order chi connectivity index (χ1) is 9.96. The number of rotatable bonds is 4. The van der Waals surface area contributed by atoms with Crippen molar-refractivity contribution in [2.75, 3.05) is 7.05 Å². The summed E-state index contributed by atoms with van der Waals surface area (Å²) in [6.07, 6.45) is 1.40. The van der Waals surface area contributed by atoms with Crippen LogP contribution in [0.3, 0.4) is 0 Å². The van der Waals surface area contributed by atoms with Crippen LogP contribution in [0.1, 0.15) is 16.8 Å². The Bertz CT molecular complexity index is 795. The normalized spacial score (nSPS) is 11.3. The van der Waals surface area contributed by atoms with E-state index in [1.54, 1.807) is 0 Å². The van der Waals surface area contributed by atoms with Crippen LogP contribution in [-0.4, -0.2) is 24.8 Å². The molecule has 5 nitrogen and oxygen atoms in total. The molecule has 6 heteroatoms. The Labute approximate surface area is 124 Å². The first-order valence-electron chi connectivity index (χ1n) is 6.33. The highest BCUT2D eigenvalue weighted by Crippen LogP contribution is 2.19. The SMILES string of the molecule is Cc1ccccc1CN(C)S(=O)(=O)c1cccnc1C#N. The van der Waals surface area contributed by atoms with E-state index in [0.717, 1.165) is 11.1 Å². The lowest BCUT2D eigenvalue weighted by Crippen LogP contribution is -2.27. The van der Waals surface area contributed by atoms with Gasteiger partial charge in [0.15, 0.2) is 5.69 Å². The van der Waals surface area contributed by atoms with Crippen LogP contribution in [0.25, 0.3) is 0 Å². The summed E-state index contributed by atoms with van der Waals surface area (Å²) in [5, 5.41) is 9.00. The largest absolute Gasteiger partial charge is 0.246 e. The Hall–Kier alpha value is -2.23. The number of sulfonamides is 1. The summed E-state index contributed by atoms with van der Waals surface area (Å²) in [4.78, 5) is 3.74. The van der Waals surface area contributed by atoms with Crippen molar-refractivity contribution in [2.45, 2.75) is 18.4 Å². The molecule has 21 heavy (non-hydrogen) atoms. The molecule has 0 saturated heterocycles. The second kappa shape index (κ2) is 6.04. The van der Waals surface area contributed by atoms with E-state index < -0.39 is 10.0 Å². The summed E-state index contributed by atoms with van der Waals surface area (Å²) < 4.78 is 26.4. The first-order valence-corrected chi connectivity index (χ1v) is 7.77. The van der Waals surface area contributed by atoms with Crippen molar-refractivity contribution in [3.63, 3.8) is 0 Å². The van der Waals surface area contributed by atoms with Crippen LogP contribution in [0.15, 0.2) is 47.5 Å². The van der Waals surface area contributed by atoms with Gasteiger partial charge in [-0.15, -0.1) is 0 Å². The van der Waals surface area contributed by atoms with Gasteiger partial charge in [-0.3, -0.25) is 0 Å². The van der Waals surface area contributed by atoms with Gasteiger partial charge >= 0.3 is 0 Å². The van der Waals surface area contributed by atoms with Gasteiger partial charge < -0.3 is 0 Å². The maximum Gasteiger partial charge on any atom is 0.246 e. The van der Waals surface area contributed by atoms with Crippen molar-refractivity contribution < 1.29 is 8.42 Å². The Morgan fingerprint density at radius 1 is 1.24 bits per heavy atom. The second-order valence-corrected chi connectivity index (χ2v) is 6.66. The van der Waals surface area contributed by atoms with Gasteiger partial charge in [0, 0.05) is 19.8 Å². The molecule has 0 aliphatic heterocycles. The Morgan fingerprint density at radius 3 is 2.62 bits per heavy atom. The third-order valence-electron chi connectivity index (χ3n) is 3.22. The van der Waals surface area contributed by atoms with Crippen molar-refractivity contribution in [1.82, 2.24) is 9.29 Å². The van der Waals surface area contributed by atoms with Crippen molar-refractivity contribution in [1.29, 1.82) is 5.26 Å². The lowest BCUT2D eigenvalue weighted by Gasteiger charge is -2.18. The van der Waals surface area contributed by atoms with Crippen LogP contribution < -0.4 is 0 Å². The summed E-state index contributed by atoms with van der Waals surface area (Å²) in [5.74, 6) is 0. The molecule has 0 fully saturated rings. The molecule has 108 valence electrons.